The van der Waals surface area contributed by atoms with Gasteiger partial charge in [-0.2, -0.15) is 0 Å². The van der Waals surface area contributed by atoms with Crippen LogP contribution in [0.15, 0.2) is 18.2 Å². The van der Waals surface area contributed by atoms with Crippen LogP contribution in [0.4, 0.5) is 5.69 Å². The molecule has 1 aliphatic rings. The molecule has 2 heterocycles. The summed E-state index contributed by atoms with van der Waals surface area (Å²) in [6.45, 7) is 6.03. The van der Waals surface area contributed by atoms with E-state index >= 15 is 0 Å². The van der Waals surface area contributed by atoms with Gasteiger partial charge in [0.2, 0.25) is 0 Å². The Hall–Kier alpha value is -1.55. The van der Waals surface area contributed by atoms with Crippen molar-refractivity contribution in [2.24, 2.45) is 5.92 Å². The summed E-state index contributed by atoms with van der Waals surface area (Å²) in [5.74, 6) is 0.779. The molecule has 0 bridgehead atoms. The van der Waals surface area contributed by atoms with Gasteiger partial charge in [0.05, 0.1) is 5.69 Å². The van der Waals surface area contributed by atoms with E-state index in [-0.39, 0.29) is 5.91 Å². The number of nitrogen functional groups attached to an aromatic ring is 1. The quantitative estimate of drug-likeness (QED) is 0.929. The second-order valence-electron chi connectivity index (χ2n) is 6.04. The second-order valence-corrected chi connectivity index (χ2v) is 7.09. The summed E-state index contributed by atoms with van der Waals surface area (Å²) in [6.07, 6.45) is 3.53. The van der Waals surface area contributed by atoms with Crippen molar-refractivity contribution in [1.29, 1.82) is 0 Å². The number of thiophene rings is 1. The monoisotopic (exact) mass is 302 g/mol. The van der Waals surface area contributed by atoms with Gasteiger partial charge in [0, 0.05) is 23.2 Å². The maximum absolute atomic E-state index is 12.7. The van der Waals surface area contributed by atoms with E-state index in [1.165, 1.54) is 29.7 Å². The molecule has 2 aromatic rings. The Kier molecular flexibility index (Phi) is 3.89. The first-order valence-corrected chi connectivity index (χ1v) is 8.49. The van der Waals surface area contributed by atoms with Gasteiger partial charge in [-0.25, -0.2) is 0 Å². The summed E-state index contributed by atoms with van der Waals surface area (Å²) in [7, 11) is 0. The van der Waals surface area contributed by atoms with Crippen molar-refractivity contribution in [3.63, 3.8) is 0 Å². The number of anilines is 1. The van der Waals surface area contributed by atoms with Gasteiger partial charge in [-0.3, -0.25) is 4.79 Å². The van der Waals surface area contributed by atoms with Gasteiger partial charge in [-0.15, -0.1) is 11.3 Å². The molecule has 0 aliphatic carbocycles. The number of rotatable bonds is 3. The van der Waals surface area contributed by atoms with Crippen molar-refractivity contribution in [3.05, 3.63) is 28.6 Å². The molecule has 1 unspecified atom stereocenters. The van der Waals surface area contributed by atoms with Crippen molar-refractivity contribution < 1.29 is 4.79 Å². The van der Waals surface area contributed by atoms with Crippen molar-refractivity contribution in [1.82, 2.24) is 4.90 Å². The Morgan fingerprint density at radius 3 is 3.05 bits per heavy atom. The molecule has 0 spiro atoms. The largest absolute Gasteiger partial charge is 0.397 e. The van der Waals surface area contributed by atoms with Crippen LogP contribution in [0.5, 0.6) is 0 Å². The Morgan fingerprint density at radius 1 is 1.48 bits per heavy atom. The lowest BCUT2D eigenvalue weighted by Crippen LogP contribution is -2.28. The lowest BCUT2D eigenvalue weighted by Gasteiger charge is -2.15. The number of fused-ring (bicyclic) bond motifs is 1. The number of hydrogen-bond donors (Lipinski definition) is 1. The van der Waals surface area contributed by atoms with Gasteiger partial charge < -0.3 is 10.6 Å². The van der Waals surface area contributed by atoms with Gasteiger partial charge in [0.15, 0.2) is 0 Å². The number of amides is 1. The van der Waals surface area contributed by atoms with Crippen LogP contribution in [0.2, 0.25) is 0 Å². The molecule has 0 saturated carbocycles. The third-order valence-corrected chi connectivity index (χ3v) is 5.50. The van der Waals surface area contributed by atoms with Gasteiger partial charge in [0.25, 0.3) is 5.91 Å². The number of aryl methyl sites for hydroxylation is 1. The molecule has 1 aromatic heterocycles. The summed E-state index contributed by atoms with van der Waals surface area (Å²) >= 11 is 1.53. The lowest BCUT2D eigenvalue weighted by atomic mass is 10.0. The molecule has 1 amide bonds. The first-order valence-electron chi connectivity index (χ1n) is 7.68. The van der Waals surface area contributed by atoms with Gasteiger partial charge >= 0.3 is 0 Å². The Labute approximate surface area is 129 Å². The fourth-order valence-electron chi connectivity index (χ4n) is 3.19. The zero-order chi connectivity index (χ0) is 15.0. The van der Waals surface area contributed by atoms with E-state index in [0.717, 1.165) is 29.6 Å². The zero-order valence-electron chi connectivity index (χ0n) is 12.7. The van der Waals surface area contributed by atoms with E-state index in [1.54, 1.807) is 0 Å². The predicted molar refractivity (Wildman–Crippen MR) is 89.9 cm³/mol. The highest BCUT2D eigenvalue weighted by Gasteiger charge is 2.28. The van der Waals surface area contributed by atoms with E-state index in [0.29, 0.717) is 16.5 Å². The summed E-state index contributed by atoms with van der Waals surface area (Å²) in [6, 6.07) is 6.18. The first kappa shape index (κ1) is 14.4. The average Bonchev–Trinajstić information content (AvgIpc) is 3.04. The standard InChI is InChI=1S/C17H22N2OS/c1-3-4-12-7-8-19(10-12)17(20)16-15(18)13-6-5-11(2)9-14(13)21-16/h5-6,9,12H,3-4,7-8,10,18H2,1-2H3. The topological polar surface area (TPSA) is 46.3 Å². The van der Waals surface area contributed by atoms with E-state index in [2.05, 4.69) is 19.9 Å². The van der Waals surface area contributed by atoms with E-state index in [9.17, 15) is 4.79 Å². The minimum absolute atomic E-state index is 0.116. The molecule has 1 atom stereocenters. The predicted octanol–water partition coefficient (Wildman–Crippen LogP) is 4.05. The Balaban J connectivity index is 1.87. The molecule has 1 fully saturated rings. The van der Waals surface area contributed by atoms with Gasteiger partial charge in [-0.1, -0.05) is 25.5 Å². The molecule has 3 nitrogen and oxygen atoms in total. The third kappa shape index (κ3) is 2.64. The fraction of sp³-hybridized carbons (Fsp3) is 0.471. The molecule has 112 valence electrons. The van der Waals surface area contributed by atoms with E-state index < -0.39 is 0 Å². The Morgan fingerprint density at radius 2 is 2.29 bits per heavy atom. The number of nitrogens with two attached hydrogens (primary N) is 1. The molecule has 2 N–H and O–H groups in total. The number of likely N-dealkylation sites (tertiary alicyclic amines) is 1. The highest BCUT2D eigenvalue weighted by molar-refractivity contribution is 7.21. The summed E-state index contributed by atoms with van der Waals surface area (Å²) in [5, 5.41) is 1.01. The second kappa shape index (κ2) is 5.68. The fourth-order valence-corrected chi connectivity index (χ4v) is 4.38. The molecule has 3 rings (SSSR count). The summed E-state index contributed by atoms with van der Waals surface area (Å²) in [4.78, 5) is 15.4. The lowest BCUT2D eigenvalue weighted by molar-refractivity contribution is 0.0792. The number of carbonyl (C=O) groups excluding carboxylic acids is 1. The van der Waals surface area contributed by atoms with Crippen LogP contribution in [-0.4, -0.2) is 23.9 Å². The Bertz CT molecular complexity index is 677. The molecule has 1 aromatic carbocycles. The van der Waals surface area contributed by atoms with Gasteiger partial charge in [-0.05, 0) is 37.3 Å². The molecular formula is C17H22N2OS. The van der Waals surface area contributed by atoms with Crippen LogP contribution < -0.4 is 5.73 Å². The van der Waals surface area contributed by atoms with Crippen molar-refractivity contribution in [2.45, 2.75) is 33.1 Å². The number of nitrogens with zero attached hydrogens (tertiary/aromatic N) is 1. The maximum Gasteiger partial charge on any atom is 0.266 e. The number of carbonyl (C=O) groups is 1. The van der Waals surface area contributed by atoms with E-state index in [4.69, 9.17) is 5.73 Å². The number of hydrogen-bond acceptors (Lipinski definition) is 3. The summed E-state index contributed by atoms with van der Waals surface area (Å²) < 4.78 is 1.11. The first-order chi connectivity index (χ1) is 10.1. The smallest absolute Gasteiger partial charge is 0.266 e. The van der Waals surface area contributed by atoms with Crippen LogP contribution >= 0.6 is 11.3 Å². The zero-order valence-corrected chi connectivity index (χ0v) is 13.5. The molecular weight excluding hydrogens is 280 g/mol. The van der Waals surface area contributed by atoms with Crippen molar-refractivity contribution in [2.75, 3.05) is 18.8 Å². The molecule has 4 heteroatoms. The molecule has 1 saturated heterocycles. The van der Waals surface area contributed by atoms with Crippen LogP contribution in [0.1, 0.15) is 41.4 Å². The van der Waals surface area contributed by atoms with Crippen LogP contribution in [0.25, 0.3) is 10.1 Å². The van der Waals surface area contributed by atoms with Gasteiger partial charge in [0.1, 0.15) is 4.88 Å². The van der Waals surface area contributed by atoms with E-state index in [1.807, 2.05) is 17.0 Å². The van der Waals surface area contributed by atoms with Crippen LogP contribution in [-0.2, 0) is 0 Å². The van der Waals surface area contributed by atoms with Crippen LogP contribution in [0.3, 0.4) is 0 Å². The van der Waals surface area contributed by atoms with Crippen molar-refractivity contribution >= 4 is 33.0 Å². The SMILES string of the molecule is CCCC1CCN(C(=O)c2sc3cc(C)ccc3c2N)C1. The normalized spacial score (nSPS) is 18.6. The molecule has 0 radical (unpaired) electrons. The van der Waals surface area contributed by atoms with Crippen molar-refractivity contribution in [3.8, 4) is 0 Å². The van der Waals surface area contributed by atoms with Crippen LogP contribution in [0, 0.1) is 12.8 Å². The number of benzene rings is 1. The minimum Gasteiger partial charge on any atom is -0.397 e. The maximum atomic E-state index is 12.7. The molecule has 1 aliphatic heterocycles. The third-order valence-electron chi connectivity index (χ3n) is 4.35. The minimum atomic E-state index is 0.116. The highest BCUT2D eigenvalue weighted by Crippen LogP contribution is 2.36. The molecule has 21 heavy (non-hydrogen) atoms. The highest BCUT2D eigenvalue weighted by atomic mass is 32.1. The average molecular weight is 302 g/mol. The summed E-state index contributed by atoms with van der Waals surface area (Å²) in [5.41, 5.74) is 8.07.